The lowest BCUT2D eigenvalue weighted by atomic mass is 9.82. The van der Waals surface area contributed by atoms with E-state index >= 15 is 0 Å². The van der Waals surface area contributed by atoms with Gasteiger partial charge < -0.3 is 10.4 Å². The fourth-order valence-electron chi connectivity index (χ4n) is 5.27. The fourth-order valence-corrected chi connectivity index (χ4v) is 5.33. The number of carbonyl (C=O) groups excluding carboxylic acids is 2. The van der Waals surface area contributed by atoms with Crippen LogP contribution in [0, 0.1) is 11.8 Å². The van der Waals surface area contributed by atoms with E-state index in [0.29, 0.717) is 19.3 Å². The Bertz CT molecular complexity index is 1290. The van der Waals surface area contributed by atoms with E-state index in [4.69, 9.17) is 0 Å². The van der Waals surface area contributed by atoms with E-state index in [-0.39, 0.29) is 30.4 Å². The van der Waals surface area contributed by atoms with Crippen LogP contribution in [0.1, 0.15) is 49.8 Å². The quantitative estimate of drug-likeness (QED) is 0.272. The first-order valence-electron chi connectivity index (χ1n) is 13.2. The van der Waals surface area contributed by atoms with Crippen molar-refractivity contribution in [3.63, 3.8) is 0 Å². The zero-order valence-corrected chi connectivity index (χ0v) is 22.8. The number of rotatable bonds is 11. The lowest BCUT2D eigenvalue weighted by Crippen LogP contribution is -2.53. The third-order valence-corrected chi connectivity index (χ3v) is 8.40. The Morgan fingerprint density at radius 2 is 1.55 bits per heavy atom. The number of carboxylic acids is 1. The molecule has 1 unspecified atom stereocenters. The van der Waals surface area contributed by atoms with Gasteiger partial charge in [0.15, 0.2) is 5.78 Å². The standard InChI is InChI=1S/C32H35NO4S/c1-21(2)29(38)30(35)33-32(19-18-25-10-6-7-11-27(25)32)28(34)17-16-26(31(36)37)20-22-12-14-24(15-13-22)23-8-4-3-5-9-23/h3-15,21,26,29,38H,16-20H2,1-2H3,(H,33,35)(H,36,37)/t26-,29-,32?/m0/s1. The number of hydrogen-bond donors (Lipinski definition) is 3. The number of carbonyl (C=O) groups is 3. The summed E-state index contributed by atoms with van der Waals surface area (Å²) >= 11 is 4.47. The fraction of sp³-hybridized carbons (Fsp3) is 0.344. The predicted molar refractivity (Wildman–Crippen MR) is 153 cm³/mol. The first-order valence-corrected chi connectivity index (χ1v) is 13.7. The summed E-state index contributed by atoms with van der Waals surface area (Å²) in [5.41, 5.74) is 3.78. The Kier molecular flexibility index (Phi) is 8.72. The summed E-state index contributed by atoms with van der Waals surface area (Å²) in [6.45, 7) is 3.83. The Hall–Kier alpha value is -3.38. The second-order valence-electron chi connectivity index (χ2n) is 10.5. The molecule has 0 saturated carbocycles. The summed E-state index contributed by atoms with van der Waals surface area (Å²) in [7, 11) is 0. The van der Waals surface area contributed by atoms with Gasteiger partial charge >= 0.3 is 5.97 Å². The monoisotopic (exact) mass is 529 g/mol. The van der Waals surface area contributed by atoms with Crippen LogP contribution in [0.15, 0.2) is 78.9 Å². The van der Waals surface area contributed by atoms with Gasteiger partial charge in [-0.2, -0.15) is 12.6 Å². The van der Waals surface area contributed by atoms with Gasteiger partial charge in [0.2, 0.25) is 5.91 Å². The van der Waals surface area contributed by atoms with Crippen molar-refractivity contribution in [2.45, 2.75) is 56.7 Å². The highest BCUT2D eigenvalue weighted by Crippen LogP contribution is 2.39. The third-order valence-electron chi connectivity index (χ3n) is 7.57. The highest BCUT2D eigenvalue weighted by atomic mass is 32.1. The molecule has 6 heteroatoms. The van der Waals surface area contributed by atoms with Crippen LogP contribution in [0.5, 0.6) is 0 Å². The molecule has 38 heavy (non-hydrogen) atoms. The van der Waals surface area contributed by atoms with Crippen molar-refractivity contribution in [2.75, 3.05) is 0 Å². The molecule has 1 aliphatic carbocycles. The van der Waals surface area contributed by atoms with Gasteiger partial charge in [-0.25, -0.2) is 0 Å². The zero-order chi connectivity index (χ0) is 27.3. The molecule has 0 fully saturated rings. The number of benzene rings is 3. The molecule has 3 aromatic rings. The van der Waals surface area contributed by atoms with Crippen molar-refractivity contribution in [2.24, 2.45) is 11.8 Å². The molecule has 0 bridgehead atoms. The molecule has 198 valence electrons. The number of carboxylic acid groups (broad SMARTS) is 1. The topological polar surface area (TPSA) is 83.5 Å². The molecule has 0 aliphatic heterocycles. The Morgan fingerprint density at radius 1 is 0.921 bits per heavy atom. The van der Waals surface area contributed by atoms with E-state index in [9.17, 15) is 19.5 Å². The van der Waals surface area contributed by atoms with Crippen LogP contribution >= 0.6 is 12.6 Å². The molecule has 0 aromatic heterocycles. The molecule has 3 aromatic carbocycles. The SMILES string of the molecule is CC(C)[C@H](S)C(=O)NC1(C(=O)CC[C@@H](Cc2ccc(-c3ccccc3)cc2)C(=O)O)CCc2ccccc21. The molecular formula is C32H35NO4S. The summed E-state index contributed by atoms with van der Waals surface area (Å²) in [5.74, 6) is -2.05. The van der Waals surface area contributed by atoms with E-state index in [1.54, 1.807) is 0 Å². The molecular weight excluding hydrogens is 494 g/mol. The van der Waals surface area contributed by atoms with Gasteiger partial charge in [0.05, 0.1) is 11.2 Å². The molecule has 1 aliphatic rings. The van der Waals surface area contributed by atoms with Crippen molar-refractivity contribution in [3.8, 4) is 11.1 Å². The maximum Gasteiger partial charge on any atom is 0.306 e. The van der Waals surface area contributed by atoms with E-state index in [1.165, 1.54) is 0 Å². The van der Waals surface area contributed by atoms with Crippen LogP contribution in [0.4, 0.5) is 0 Å². The van der Waals surface area contributed by atoms with E-state index in [0.717, 1.165) is 27.8 Å². The number of hydrogen-bond acceptors (Lipinski definition) is 4. The number of amides is 1. The molecule has 0 spiro atoms. The first-order chi connectivity index (χ1) is 18.2. The highest BCUT2D eigenvalue weighted by molar-refractivity contribution is 7.81. The normalized spacial score (nSPS) is 18.0. The van der Waals surface area contributed by atoms with E-state index in [2.05, 4.69) is 17.9 Å². The van der Waals surface area contributed by atoms with Crippen LogP contribution in [0.3, 0.4) is 0 Å². The second-order valence-corrected chi connectivity index (χ2v) is 11.1. The van der Waals surface area contributed by atoms with Crippen molar-refractivity contribution in [1.82, 2.24) is 5.32 Å². The summed E-state index contributed by atoms with van der Waals surface area (Å²) in [4.78, 5) is 39.0. The molecule has 0 saturated heterocycles. The number of aliphatic carboxylic acids is 1. The largest absolute Gasteiger partial charge is 0.481 e. The molecule has 3 atom stereocenters. The van der Waals surface area contributed by atoms with Gasteiger partial charge in [0.25, 0.3) is 0 Å². The van der Waals surface area contributed by atoms with Gasteiger partial charge in [0.1, 0.15) is 5.54 Å². The van der Waals surface area contributed by atoms with Gasteiger partial charge in [-0.05, 0) is 59.4 Å². The van der Waals surface area contributed by atoms with Crippen molar-refractivity contribution < 1.29 is 19.5 Å². The summed E-state index contributed by atoms with van der Waals surface area (Å²) in [5, 5.41) is 12.5. The second kappa shape index (κ2) is 12.0. The zero-order valence-electron chi connectivity index (χ0n) is 21.9. The van der Waals surface area contributed by atoms with E-state index in [1.807, 2.05) is 92.7 Å². The van der Waals surface area contributed by atoms with Crippen molar-refractivity contribution in [3.05, 3.63) is 95.6 Å². The maximum atomic E-state index is 13.8. The maximum absolute atomic E-state index is 13.8. The number of thiol groups is 1. The van der Waals surface area contributed by atoms with Crippen LogP contribution in [-0.2, 0) is 32.8 Å². The minimum Gasteiger partial charge on any atom is -0.481 e. The first kappa shape index (κ1) is 27.6. The van der Waals surface area contributed by atoms with Crippen LogP contribution in [0.2, 0.25) is 0 Å². The molecule has 0 heterocycles. The molecule has 2 N–H and O–H groups in total. The van der Waals surface area contributed by atoms with Gasteiger partial charge in [-0.1, -0.05) is 92.7 Å². The molecule has 0 radical (unpaired) electrons. The van der Waals surface area contributed by atoms with Crippen molar-refractivity contribution in [1.29, 1.82) is 0 Å². The molecule has 4 rings (SSSR count). The predicted octanol–water partition coefficient (Wildman–Crippen LogP) is 5.86. The molecule has 1 amide bonds. The van der Waals surface area contributed by atoms with Gasteiger partial charge in [-0.15, -0.1) is 0 Å². The highest BCUT2D eigenvalue weighted by Gasteiger charge is 2.46. The average Bonchev–Trinajstić information content (AvgIpc) is 3.30. The Labute approximate surface area is 230 Å². The number of Topliss-reactive ketones (excluding diaryl/α,β-unsaturated/α-hetero) is 1. The lowest BCUT2D eigenvalue weighted by Gasteiger charge is -2.32. The van der Waals surface area contributed by atoms with Crippen molar-refractivity contribution >= 4 is 30.3 Å². The number of fused-ring (bicyclic) bond motifs is 1. The minimum atomic E-state index is -1.15. The van der Waals surface area contributed by atoms with Gasteiger partial charge in [0, 0.05) is 6.42 Å². The molecule has 5 nitrogen and oxygen atoms in total. The summed E-state index contributed by atoms with van der Waals surface area (Å²) in [6, 6.07) is 25.6. The van der Waals surface area contributed by atoms with Gasteiger partial charge in [-0.3, -0.25) is 14.4 Å². The minimum absolute atomic E-state index is 0.00630. The number of nitrogens with one attached hydrogen (secondary N) is 1. The summed E-state index contributed by atoms with van der Waals surface area (Å²) < 4.78 is 0. The smallest absolute Gasteiger partial charge is 0.306 e. The third kappa shape index (κ3) is 6.02. The van der Waals surface area contributed by atoms with E-state index < -0.39 is 22.7 Å². The lowest BCUT2D eigenvalue weighted by molar-refractivity contribution is -0.142. The van der Waals surface area contributed by atoms with Crippen LogP contribution < -0.4 is 5.32 Å². The van der Waals surface area contributed by atoms with Crippen LogP contribution in [-0.4, -0.2) is 28.0 Å². The Morgan fingerprint density at radius 3 is 2.21 bits per heavy atom. The number of ketones is 1. The number of aryl methyl sites for hydroxylation is 1. The van der Waals surface area contributed by atoms with Crippen LogP contribution in [0.25, 0.3) is 11.1 Å². The Balaban J connectivity index is 1.49. The summed E-state index contributed by atoms with van der Waals surface area (Å²) in [6.07, 6.45) is 1.74. The average molecular weight is 530 g/mol.